The fourth-order valence-electron chi connectivity index (χ4n) is 2.42. The summed E-state index contributed by atoms with van der Waals surface area (Å²) in [5, 5.41) is 0.317. The molecule has 1 aromatic carbocycles. The van der Waals surface area contributed by atoms with Gasteiger partial charge in [-0.2, -0.15) is 0 Å². The van der Waals surface area contributed by atoms with Gasteiger partial charge < -0.3 is 0 Å². The van der Waals surface area contributed by atoms with E-state index >= 15 is 0 Å². The van der Waals surface area contributed by atoms with Crippen molar-refractivity contribution < 1.29 is 9.18 Å². The van der Waals surface area contributed by atoms with E-state index in [1.165, 1.54) is 22.9 Å². The van der Waals surface area contributed by atoms with Gasteiger partial charge in [0.25, 0.3) is 0 Å². The van der Waals surface area contributed by atoms with Crippen LogP contribution in [0.2, 0.25) is 5.02 Å². The number of halogens is 2. The molecular formula is C15H12ClFOS. The van der Waals surface area contributed by atoms with Crippen molar-refractivity contribution >= 4 is 28.7 Å². The lowest BCUT2D eigenvalue weighted by Gasteiger charge is -2.04. The predicted molar refractivity (Wildman–Crippen MR) is 75.8 cm³/mol. The van der Waals surface area contributed by atoms with Gasteiger partial charge in [0.15, 0.2) is 5.78 Å². The van der Waals surface area contributed by atoms with Crippen LogP contribution >= 0.6 is 22.9 Å². The fourth-order valence-corrected chi connectivity index (χ4v) is 3.84. The highest BCUT2D eigenvalue weighted by molar-refractivity contribution is 7.14. The molecule has 0 amide bonds. The number of aryl methyl sites for hydroxylation is 2. The van der Waals surface area contributed by atoms with Crippen LogP contribution in [-0.2, 0) is 19.3 Å². The number of Topliss-reactive ketones (excluding diaryl/α,β-unsaturated/α-hetero) is 1. The minimum absolute atomic E-state index is 0.0326. The molecule has 0 bridgehead atoms. The third kappa shape index (κ3) is 2.45. The van der Waals surface area contributed by atoms with E-state index < -0.39 is 5.82 Å². The van der Waals surface area contributed by atoms with Crippen molar-refractivity contribution in [2.24, 2.45) is 0 Å². The molecule has 2 aromatic rings. The van der Waals surface area contributed by atoms with Crippen LogP contribution in [0.1, 0.15) is 32.1 Å². The molecule has 1 aliphatic carbocycles. The molecule has 0 unspecified atom stereocenters. The summed E-state index contributed by atoms with van der Waals surface area (Å²) in [7, 11) is 0. The monoisotopic (exact) mass is 294 g/mol. The van der Waals surface area contributed by atoms with Gasteiger partial charge in [0, 0.05) is 21.9 Å². The Morgan fingerprint density at radius 1 is 1.37 bits per heavy atom. The summed E-state index contributed by atoms with van der Waals surface area (Å²) in [6.07, 6.45) is 3.33. The highest BCUT2D eigenvalue weighted by atomic mass is 35.5. The molecule has 1 nitrogen and oxygen atoms in total. The predicted octanol–water partition coefficient (Wildman–Crippen LogP) is 4.45. The molecule has 0 saturated heterocycles. The first kappa shape index (κ1) is 12.8. The van der Waals surface area contributed by atoms with Gasteiger partial charge in [-0.3, -0.25) is 4.79 Å². The van der Waals surface area contributed by atoms with Crippen molar-refractivity contribution in [3.8, 4) is 0 Å². The topological polar surface area (TPSA) is 17.1 Å². The molecule has 0 fully saturated rings. The first-order valence-electron chi connectivity index (χ1n) is 6.23. The number of carbonyl (C=O) groups excluding carboxylic acids is 1. The van der Waals surface area contributed by atoms with E-state index in [9.17, 15) is 9.18 Å². The van der Waals surface area contributed by atoms with Gasteiger partial charge in [0.2, 0.25) is 0 Å². The largest absolute Gasteiger partial charge is 0.293 e. The maximum atomic E-state index is 13.7. The van der Waals surface area contributed by atoms with Gasteiger partial charge in [-0.1, -0.05) is 17.7 Å². The van der Waals surface area contributed by atoms with E-state index in [-0.39, 0.29) is 12.2 Å². The van der Waals surface area contributed by atoms with Crippen LogP contribution in [0.5, 0.6) is 0 Å². The quantitative estimate of drug-likeness (QED) is 0.764. The van der Waals surface area contributed by atoms with E-state index in [1.807, 2.05) is 6.07 Å². The van der Waals surface area contributed by atoms with Gasteiger partial charge in [-0.25, -0.2) is 4.39 Å². The maximum Gasteiger partial charge on any atom is 0.177 e. The smallest absolute Gasteiger partial charge is 0.177 e. The van der Waals surface area contributed by atoms with Crippen molar-refractivity contribution in [2.75, 3.05) is 0 Å². The summed E-state index contributed by atoms with van der Waals surface area (Å²) in [6.45, 7) is 0. The van der Waals surface area contributed by atoms with E-state index in [0.29, 0.717) is 10.6 Å². The zero-order chi connectivity index (χ0) is 13.4. The average molecular weight is 295 g/mol. The van der Waals surface area contributed by atoms with E-state index in [1.54, 1.807) is 23.5 Å². The van der Waals surface area contributed by atoms with Crippen LogP contribution in [0.3, 0.4) is 0 Å². The fraction of sp³-hybridized carbons (Fsp3) is 0.267. The molecule has 0 N–H and O–H groups in total. The number of rotatable bonds is 3. The van der Waals surface area contributed by atoms with E-state index in [4.69, 9.17) is 11.6 Å². The van der Waals surface area contributed by atoms with Crippen molar-refractivity contribution in [2.45, 2.75) is 25.7 Å². The SMILES string of the molecule is O=C(Cc1c(F)cccc1Cl)c1cc2c(s1)CCC2. The molecule has 1 heterocycles. The van der Waals surface area contributed by atoms with Crippen LogP contribution in [-0.4, -0.2) is 5.78 Å². The van der Waals surface area contributed by atoms with Crippen molar-refractivity contribution in [3.63, 3.8) is 0 Å². The Balaban J connectivity index is 1.85. The summed E-state index contributed by atoms with van der Waals surface area (Å²) in [4.78, 5) is 14.2. The molecule has 19 heavy (non-hydrogen) atoms. The zero-order valence-electron chi connectivity index (χ0n) is 10.2. The number of hydrogen-bond donors (Lipinski definition) is 0. The van der Waals surface area contributed by atoms with Crippen LogP contribution < -0.4 is 0 Å². The number of hydrogen-bond acceptors (Lipinski definition) is 2. The van der Waals surface area contributed by atoms with Gasteiger partial charge in [0.05, 0.1) is 4.88 Å². The summed E-state index contributed by atoms with van der Waals surface area (Å²) in [6, 6.07) is 6.46. The lowest BCUT2D eigenvalue weighted by atomic mass is 10.1. The lowest BCUT2D eigenvalue weighted by Crippen LogP contribution is -2.04. The van der Waals surface area contributed by atoms with E-state index in [2.05, 4.69) is 0 Å². The molecule has 4 heteroatoms. The van der Waals surface area contributed by atoms with Crippen LogP contribution in [0, 0.1) is 5.82 Å². The Morgan fingerprint density at radius 2 is 2.21 bits per heavy atom. The summed E-state index contributed by atoms with van der Waals surface area (Å²) >= 11 is 7.49. The Labute approximate surface area is 120 Å². The Kier molecular flexibility index (Phi) is 3.42. The third-order valence-corrected chi connectivity index (χ3v) is 5.05. The molecule has 0 radical (unpaired) electrons. The van der Waals surface area contributed by atoms with Gasteiger partial charge in [-0.05, 0) is 43.0 Å². The summed E-state index contributed by atoms with van der Waals surface area (Å²) in [5.74, 6) is -0.462. The van der Waals surface area contributed by atoms with E-state index in [0.717, 1.165) is 17.7 Å². The van der Waals surface area contributed by atoms with Crippen LogP contribution in [0.25, 0.3) is 0 Å². The normalized spacial score (nSPS) is 13.6. The molecule has 3 rings (SSSR count). The molecular weight excluding hydrogens is 283 g/mol. The van der Waals surface area contributed by atoms with Gasteiger partial charge in [0.1, 0.15) is 5.82 Å². The lowest BCUT2D eigenvalue weighted by molar-refractivity contribution is 0.0995. The molecule has 1 aromatic heterocycles. The molecule has 0 aliphatic heterocycles. The molecule has 1 aliphatic rings. The minimum Gasteiger partial charge on any atom is -0.293 e. The van der Waals surface area contributed by atoms with Crippen molar-refractivity contribution in [1.82, 2.24) is 0 Å². The minimum atomic E-state index is -0.412. The molecule has 0 saturated carbocycles. The average Bonchev–Trinajstić information content (AvgIpc) is 2.94. The van der Waals surface area contributed by atoms with Crippen molar-refractivity contribution in [3.05, 3.63) is 56.0 Å². The number of thiophene rings is 1. The molecule has 0 spiro atoms. The summed E-state index contributed by atoms with van der Waals surface area (Å²) in [5.41, 5.74) is 1.58. The first-order valence-corrected chi connectivity index (χ1v) is 7.42. The van der Waals surface area contributed by atoms with Gasteiger partial charge in [-0.15, -0.1) is 11.3 Å². The number of benzene rings is 1. The van der Waals surface area contributed by atoms with Crippen LogP contribution in [0.4, 0.5) is 4.39 Å². The van der Waals surface area contributed by atoms with Crippen molar-refractivity contribution in [1.29, 1.82) is 0 Å². The maximum absolute atomic E-state index is 13.7. The highest BCUT2D eigenvalue weighted by Gasteiger charge is 2.20. The second-order valence-electron chi connectivity index (χ2n) is 4.71. The molecule has 0 atom stereocenters. The molecule has 98 valence electrons. The number of carbonyl (C=O) groups is 1. The zero-order valence-corrected chi connectivity index (χ0v) is 11.8. The van der Waals surface area contributed by atoms with Crippen LogP contribution in [0.15, 0.2) is 24.3 Å². The third-order valence-electron chi connectivity index (χ3n) is 3.42. The summed E-state index contributed by atoms with van der Waals surface area (Å²) < 4.78 is 13.7. The first-order chi connectivity index (χ1) is 9.15. The number of fused-ring (bicyclic) bond motifs is 1. The Bertz CT molecular complexity index is 606. The van der Waals surface area contributed by atoms with Gasteiger partial charge >= 0.3 is 0 Å². The second kappa shape index (κ2) is 5.06. The number of ketones is 1. The highest BCUT2D eigenvalue weighted by Crippen LogP contribution is 2.31. The Hall–Kier alpha value is -1.19. The standard InChI is InChI=1S/C15H12ClFOS/c16-11-4-2-5-12(17)10(11)8-13(18)15-7-9-3-1-6-14(9)19-15/h2,4-5,7H,1,3,6,8H2. The Morgan fingerprint density at radius 3 is 2.95 bits per heavy atom. The second-order valence-corrected chi connectivity index (χ2v) is 6.26.